The lowest BCUT2D eigenvalue weighted by Gasteiger charge is -2.56. The summed E-state index contributed by atoms with van der Waals surface area (Å²) >= 11 is 0. The maximum Gasteiger partial charge on any atom is 0.251 e. The molecule has 1 aliphatic rings. The molecule has 3 unspecified atom stereocenters. The van der Waals surface area contributed by atoms with E-state index in [4.69, 9.17) is 4.74 Å². The monoisotopic (exact) mass is 283 g/mol. The van der Waals surface area contributed by atoms with E-state index in [0.29, 0.717) is 0 Å². The molecule has 0 radical (unpaired) electrons. The Morgan fingerprint density at radius 3 is 2.25 bits per heavy atom. The zero-order valence-electron chi connectivity index (χ0n) is 12.0. The van der Waals surface area contributed by atoms with E-state index in [1.165, 1.54) is 0 Å². The fourth-order valence-electron chi connectivity index (χ4n) is 3.33. The third-order valence-electron chi connectivity index (χ3n) is 4.20. The van der Waals surface area contributed by atoms with Gasteiger partial charge in [-0.05, 0) is 12.1 Å². The summed E-state index contributed by atoms with van der Waals surface area (Å²) in [5, 5.41) is 2.84. The van der Waals surface area contributed by atoms with Crippen molar-refractivity contribution in [1.29, 1.82) is 0 Å². The number of ether oxygens (including phenoxy) is 1. The number of amides is 1. The SMILES string of the molecule is COC1C(C)C(NC(=O)c2cc(F)cc(F)c2)C1(C)C. The minimum absolute atomic E-state index is 0.00799. The average molecular weight is 283 g/mol. The standard InChI is InChI=1S/C15H19F2NO2/c1-8-12(15(2,3)13(8)20-4)18-14(19)9-5-10(16)7-11(17)6-9/h5-8,12-13H,1-4H3,(H,18,19). The number of benzene rings is 1. The minimum atomic E-state index is -0.758. The van der Waals surface area contributed by atoms with Gasteiger partial charge in [-0.15, -0.1) is 0 Å². The van der Waals surface area contributed by atoms with Crippen LogP contribution in [-0.4, -0.2) is 25.2 Å². The Morgan fingerprint density at radius 2 is 1.80 bits per heavy atom. The van der Waals surface area contributed by atoms with E-state index in [1.54, 1.807) is 7.11 Å². The van der Waals surface area contributed by atoms with E-state index < -0.39 is 17.5 Å². The molecule has 0 bridgehead atoms. The molecular weight excluding hydrogens is 264 g/mol. The van der Waals surface area contributed by atoms with Crippen molar-refractivity contribution in [3.63, 3.8) is 0 Å². The summed E-state index contributed by atoms with van der Waals surface area (Å²) in [7, 11) is 1.64. The van der Waals surface area contributed by atoms with Gasteiger partial charge in [0.15, 0.2) is 0 Å². The van der Waals surface area contributed by atoms with Crippen LogP contribution in [0.4, 0.5) is 8.78 Å². The van der Waals surface area contributed by atoms with Gasteiger partial charge in [0, 0.05) is 36.1 Å². The predicted octanol–water partition coefficient (Wildman–Crippen LogP) is 2.75. The molecular formula is C15H19F2NO2. The molecule has 0 aliphatic heterocycles. The molecule has 1 amide bonds. The molecule has 3 atom stereocenters. The number of carbonyl (C=O) groups excluding carboxylic acids is 1. The maximum atomic E-state index is 13.1. The Balaban J connectivity index is 2.13. The summed E-state index contributed by atoms with van der Waals surface area (Å²) in [6.45, 7) is 5.98. The normalized spacial score (nSPS) is 27.8. The summed E-state index contributed by atoms with van der Waals surface area (Å²) in [6.07, 6.45) is 0.0528. The molecule has 5 heteroatoms. The van der Waals surface area contributed by atoms with Crippen LogP contribution in [0, 0.1) is 23.0 Å². The van der Waals surface area contributed by atoms with E-state index in [1.807, 2.05) is 20.8 Å². The van der Waals surface area contributed by atoms with E-state index in [2.05, 4.69) is 5.32 Å². The second kappa shape index (κ2) is 5.13. The number of hydrogen-bond acceptors (Lipinski definition) is 2. The van der Waals surface area contributed by atoms with Gasteiger partial charge in [-0.2, -0.15) is 0 Å². The lowest BCUT2D eigenvalue weighted by Crippen LogP contribution is -2.67. The zero-order chi connectivity index (χ0) is 15.1. The quantitative estimate of drug-likeness (QED) is 0.926. The first-order valence-electron chi connectivity index (χ1n) is 6.57. The highest BCUT2D eigenvalue weighted by atomic mass is 19.1. The van der Waals surface area contributed by atoms with Gasteiger partial charge in [0.2, 0.25) is 0 Å². The van der Waals surface area contributed by atoms with Crippen LogP contribution in [0.15, 0.2) is 18.2 Å². The van der Waals surface area contributed by atoms with Gasteiger partial charge in [0.1, 0.15) is 11.6 Å². The first-order valence-corrected chi connectivity index (χ1v) is 6.57. The molecule has 1 aromatic rings. The highest BCUT2D eigenvalue weighted by Gasteiger charge is 2.55. The van der Waals surface area contributed by atoms with Crippen molar-refractivity contribution in [2.45, 2.75) is 32.9 Å². The molecule has 1 aromatic carbocycles. The fourth-order valence-corrected chi connectivity index (χ4v) is 3.33. The minimum Gasteiger partial charge on any atom is -0.380 e. The van der Waals surface area contributed by atoms with Crippen molar-refractivity contribution < 1.29 is 18.3 Å². The Kier molecular flexibility index (Phi) is 3.82. The summed E-state index contributed by atoms with van der Waals surface area (Å²) < 4.78 is 31.7. The Labute approximate surface area is 117 Å². The van der Waals surface area contributed by atoms with Crippen molar-refractivity contribution in [3.05, 3.63) is 35.4 Å². The highest BCUT2D eigenvalue weighted by Crippen LogP contribution is 2.46. The van der Waals surface area contributed by atoms with Crippen LogP contribution < -0.4 is 5.32 Å². The van der Waals surface area contributed by atoms with Crippen LogP contribution >= 0.6 is 0 Å². The fraction of sp³-hybridized carbons (Fsp3) is 0.533. The Bertz CT molecular complexity index is 510. The zero-order valence-corrected chi connectivity index (χ0v) is 12.0. The molecule has 20 heavy (non-hydrogen) atoms. The van der Waals surface area contributed by atoms with Crippen LogP contribution in [-0.2, 0) is 4.74 Å². The van der Waals surface area contributed by atoms with Crippen molar-refractivity contribution in [1.82, 2.24) is 5.32 Å². The molecule has 110 valence electrons. The van der Waals surface area contributed by atoms with Crippen LogP contribution in [0.3, 0.4) is 0 Å². The van der Waals surface area contributed by atoms with Gasteiger partial charge < -0.3 is 10.1 Å². The summed E-state index contributed by atoms with van der Waals surface area (Å²) in [4.78, 5) is 12.1. The summed E-state index contributed by atoms with van der Waals surface area (Å²) in [5.74, 6) is -1.84. The predicted molar refractivity (Wildman–Crippen MR) is 71.4 cm³/mol. The van der Waals surface area contributed by atoms with Gasteiger partial charge in [-0.25, -0.2) is 8.78 Å². The number of carbonyl (C=O) groups is 1. The summed E-state index contributed by atoms with van der Waals surface area (Å²) in [6, 6.07) is 2.71. The molecule has 1 fully saturated rings. The highest BCUT2D eigenvalue weighted by molar-refractivity contribution is 5.94. The Hall–Kier alpha value is -1.49. The molecule has 1 aliphatic carbocycles. The van der Waals surface area contributed by atoms with Gasteiger partial charge in [-0.3, -0.25) is 4.79 Å². The number of rotatable bonds is 3. The van der Waals surface area contributed by atoms with Crippen molar-refractivity contribution in [3.8, 4) is 0 Å². The largest absolute Gasteiger partial charge is 0.380 e. The van der Waals surface area contributed by atoms with E-state index in [9.17, 15) is 13.6 Å². The van der Waals surface area contributed by atoms with Crippen molar-refractivity contribution in [2.75, 3.05) is 7.11 Å². The third kappa shape index (κ3) is 2.42. The molecule has 2 rings (SSSR count). The van der Waals surface area contributed by atoms with E-state index >= 15 is 0 Å². The molecule has 3 nitrogen and oxygen atoms in total. The molecule has 0 aromatic heterocycles. The lowest BCUT2D eigenvalue weighted by molar-refractivity contribution is -0.141. The van der Waals surface area contributed by atoms with Gasteiger partial charge in [0.05, 0.1) is 6.10 Å². The summed E-state index contributed by atoms with van der Waals surface area (Å²) in [5.41, 5.74) is -0.221. The number of hydrogen-bond donors (Lipinski definition) is 1. The molecule has 1 N–H and O–H groups in total. The molecule has 1 saturated carbocycles. The van der Waals surface area contributed by atoms with Crippen LogP contribution in [0.1, 0.15) is 31.1 Å². The molecule has 0 saturated heterocycles. The second-order valence-electron chi connectivity index (χ2n) is 5.95. The third-order valence-corrected chi connectivity index (χ3v) is 4.20. The second-order valence-corrected chi connectivity index (χ2v) is 5.95. The van der Waals surface area contributed by atoms with Crippen molar-refractivity contribution >= 4 is 5.91 Å². The van der Waals surface area contributed by atoms with Crippen molar-refractivity contribution in [2.24, 2.45) is 11.3 Å². The number of methoxy groups -OCH3 is 1. The van der Waals surface area contributed by atoms with Crippen LogP contribution in [0.25, 0.3) is 0 Å². The first-order chi connectivity index (χ1) is 9.27. The number of nitrogens with one attached hydrogen (secondary N) is 1. The topological polar surface area (TPSA) is 38.3 Å². The molecule has 0 spiro atoms. The first kappa shape index (κ1) is 14.9. The Morgan fingerprint density at radius 1 is 1.25 bits per heavy atom. The van der Waals surface area contributed by atoms with Crippen LogP contribution in [0.2, 0.25) is 0 Å². The lowest BCUT2D eigenvalue weighted by atomic mass is 9.58. The maximum absolute atomic E-state index is 13.1. The van der Waals surface area contributed by atoms with Crippen LogP contribution in [0.5, 0.6) is 0 Å². The molecule has 0 heterocycles. The van der Waals surface area contributed by atoms with Gasteiger partial charge >= 0.3 is 0 Å². The van der Waals surface area contributed by atoms with Gasteiger partial charge in [-0.1, -0.05) is 20.8 Å². The van der Waals surface area contributed by atoms with E-state index in [0.717, 1.165) is 18.2 Å². The number of halogens is 2. The van der Waals surface area contributed by atoms with Gasteiger partial charge in [0.25, 0.3) is 5.91 Å². The smallest absolute Gasteiger partial charge is 0.251 e. The average Bonchev–Trinajstić information content (AvgIpc) is 2.34. The van der Waals surface area contributed by atoms with E-state index in [-0.39, 0.29) is 29.0 Å².